The Labute approximate surface area is 165 Å². The largest absolute Gasteiger partial charge is 0.481 e. The van der Waals surface area contributed by atoms with Gasteiger partial charge in [0, 0.05) is 18.9 Å². The number of nitrogens with two attached hydrogens (primary N) is 1. The van der Waals surface area contributed by atoms with Gasteiger partial charge in [-0.05, 0) is 37.3 Å². The molecule has 0 aromatic carbocycles. The average molecular weight is 391 g/mol. The summed E-state index contributed by atoms with van der Waals surface area (Å²) in [7, 11) is 0. The first-order chi connectivity index (χ1) is 13.5. The highest BCUT2D eigenvalue weighted by atomic mass is 16.7. The summed E-state index contributed by atoms with van der Waals surface area (Å²) >= 11 is 0. The van der Waals surface area contributed by atoms with E-state index < -0.39 is 12.0 Å². The Morgan fingerprint density at radius 1 is 1.25 bits per heavy atom. The lowest BCUT2D eigenvalue weighted by Crippen LogP contribution is -2.50. The van der Waals surface area contributed by atoms with Gasteiger partial charge in [-0.15, -0.1) is 0 Å². The number of aliphatic carboxylic acids is 1. The molecule has 28 heavy (non-hydrogen) atoms. The first-order valence-corrected chi connectivity index (χ1v) is 9.48. The molecule has 1 saturated heterocycles. The molecule has 3 atom stereocenters. The number of hydrazine groups is 1. The molecule has 1 fully saturated rings. The smallest absolute Gasteiger partial charge is 0.326 e. The van der Waals surface area contributed by atoms with Crippen LogP contribution in [0.1, 0.15) is 32.6 Å². The van der Waals surface area contributed by atoms with Crippen LogP contribution >= 0.6 is 0 Å². The highest BCUT2D eigenvalue weighted by Gasteiger charge is 2.29. The summed E-state index contributed by atoms with van der Waals surface area (Å²) in [5.41, 5.74) is 12.9. The van der Waals surface area contributed by atoms with E-state index in [0.717, 1.165) is 12.8 Å². The Balaban J connectivity index is 0.000000385. The molecule has 1 heterocycles. The summed E-state index contributed by atoms with van der Waals surface area (Å²) in [6.07, 6.45) is 5.94. The molecule has 154 valence electrons. The zero-order valence-corrected chi connectivity index (χ0v) is 16.1. The van der Waals surface area contributed by atoms with E-state index in [2.05, 4.69) is 35.1 Å². The number of benzene rings is 1. The van der Waals surface area contributed by atoms with Crippen molar-refractivity contribution in [2.75, 3.05) is 13.2 Å². The van der Waals surface area contributed by atoms with Crippen LogP contribution in [0, 0.1) is 5.92 Å². The van der Waals surface area contributed by atoms with Crippen molar-refractivity contribution in [3.8, 4) is 11.1 Å². The third kappa shape index (κ3) is 7.67. The molecule has 3 aliphatic rings. The second kappa shape index (κ2) is 11.4. The second-order valence-electron chi connectivity index (χ2n) is 6.78. The van der Waals surface area contributed by atoms with E-state index >= 15 is 0 Å². The van der Waals surface area contributed by atoms with Crippen molar-refractivity contribution in [2.24, 2.45) is 11.7 Å². The molecule has 0 aromatic heterocycles. The number of primary amides is 1. The Kier molecular flexibility index (Phi) is 8.93. The van der Waals surface area contributed by atoms with Crippen LogP contribution < -0.4 is 16.6 Å². The fraction of sp³-hybridized carbons (Fsp3) is 0.500. The Morgan fingerprint density at radius 3 is 2.46 bits per heavy atom. The molecule has 2 amide bonds. The van der Waals surface area contributed by atoms with E-state index in [9.17, 15) is 9.59 Å². The van der Waals surface area contributed by atoms with Crippen LogP contribution in [-0.4, -0.2) is 42.7 Å². The molecule has 0 bridgehead atoms. The lowest BCUT2D eigenvalue weighted by Gasteiger charge is -2.35. The maximum absolute atomic E-state index is 10.6. The number of unbranched alkanes of at least 4 members (excludes halogenated alkanes) is 1. The average Bonchev–Trinajstić information content (AvgIpc) is 2.62. The molecule has 0 radical (unpaired) electrons. The summed E-state index contributed by atoms with van der Waals surface area (Å²) in [4.78, 5) is 21.0. The number of carboxylic acid groups (broad SMARTS) is 1. The van der Waals surface area contributed by atoms with Crippen molar-refractivity contribution >= 4 is 12.0 Å². The van der Waals surface area contributed by atoms with Gasteiger partial charge in [0.2, 0.25) is 0 Å². The van der Waals surface area contributed by atoms with Crippen LogP contribution in [-0.2, 0) is 14.3 Å². The van der Waals surface area contributed by atoms with E-state index in [0.29, 0.717) is 19.6 Å². The number of nitrogens with one attached hydrogen (secondary N) is 2. The standard InChI is InChI=1S/C14H25N3O5.C6H4/c1-10-21-9-11(6-4-2-3-5-7-13(18)19)12(22-10)8-16-17-14(15)20;1-2-6-4-3-5(1)6/h2,4,10-12,16H,3,5-9H2,1H3,(H,18,19)(H3,15,17,20);1-4H/t10-,11+,12+;/m1./s1. The molecule has 8 heteroatoms. The normalized spacial score (nSPS) is 22.2. The van der Waals surface area contributed by atoms with Gasteiger partial charge in [-0.2, -0.15) is 0 Å². The van der Waals surface area contributed by atoms with Crippen molar-refractivity contribution in [3.05, 3.63) is 36.4 Å². The summed E-state index contributed by atoms with van der Waals surface area (Å²) in [5.74, 6) is -0.612. The highest BCUT2D eigenvalue weighted by molar-refractivity contribution is 5.75. The minimum atomic E-state index is -0.774. The first kappa shape index (κ1) is 21.9. The highest BCUT2D eigenvalue weighted by Crippen LogP contribution is 2.29. The maximum Gasteiger partial charge on any atom is 0.326 e. The van der Waals surface area contributed by atoms with Gasteiger partial charge in [0.1, 0.15) is 0 Å². The van der Waals surface area contributed by atoms with Gasteiger partial charge in [0.25, 0.3) is 0 Å². The molecule has 3 rings (SSSR count). The number of hydrogen-bond donors (Lipinski definition) is 4. The molecular formula is C20H29N3O5. The molecule has 0 aromatic rings. The van der Waals surface area contributed by atoms with Crippen molar-refractivity contribution in [1.82, 2.24) is 10.9 Å². The van der Waals surface area contributed by atoms with E-state index in [4.69, 9.17) is 20.3 Å². The third-order valence-corrected chi connectivity index (χ3v) is 4.54. The first-order valence-electron chi connectivity index (χ1n) is 9.48. The Hall–Kier alpha value is -2.42. The Morgan fingerprint density at radius 2 is 1.93 bits per heavy atom. The van der Waals surface area contributed by atoms with Crippen molar-refractivity contribution in [1.29, 1.82) is 0 Å². The van der Waals surface area contributed by atoms with Crippen LogP contribution in [0.25, 0.3) is 11.1 Å². The lowest BCUT2D eigenvalue weighted by molar-refractivity contribution is -0.225. The summed E-state index contributed by atoms with van der Waals surface area (Å²) < 4.78 is 11.2. The number of carbonyl (C=O) groups is 2. The monoisotopic (exact) mass is 391 g/mol. The van der Waals surface area contributed by atoms with Crippen LogP contribution in [0.3, 0.4) is 0 Å². The summed E-state index contributed by atoms with van der Waals surface area (Å²) in [5, 5.41) is 8.55. The molecule has 1 aliphatic heterocycles. The quantitative estimate of drug-likeness (QED) is 0.296. The molecule has 0 spiro atoms. The fourth-order valence-corrected chi connectivity index (χ4v) is 2.86. The number of urea groups is 1. The van der Waals surface area contributed by atoms with Crippen LogP contribution in [0.5, 0.6) is 0 Å². The number of rotatable bonds is 9. The van der Waals surface area contributed by atoms with E-state index in [1.54, 1.807) is 0 Å². The number of fused-ring (bicyclic) bond motifs is 1. The molecule has 0 saturated carbocycles. The number of ether oxygens (including phenoxy) is 2. The van der Waals surface area contributed by atoms with Gasteiger partial charge in [0.15, 0.2) is 6.29 Å². The molecule has 8 nitrogen and oxygen atoms in total. The van der Waals surface area contributed by atoms with Gasteiger partial charge in [-0.1, -0.05) is 36.4 Å². The van der Waals surface area contributed by atoms with Gasteiger partial charge >= 0.3 is 12.0 Å². The molecule has 5 N–H and O–H groups in total. The topological polar surface area (TPSA) is 123 Å². The minimum absolute atomic E-state index is 0.0979. The molecule has 2 aliphatic carbocycles. The maximum atomic E-state index is 10.6. The van der Waals surface area contributed by atoms with Crippen molar-refractivity contribution in [2.45, 2.75) is 45.0 Å². The van der Waals surface area contributed by atoms with E-state index in [1.165, 1.54) is 11.1 Å². The van der Waals surface area contributed by atoms with Gasteiger partial charge in [-0.3, -0.25) is 10.2 Å². The van der Waals surface area contributed by atoms with E-state index in [1.807, 2.05) is 19.1 Å². The fourth-order valence-electron chi connectivity index (χ4n) is 2.86. The van der Waals surface area contributed by atoms with Crippen LogP contribution in [0.15, 0.2) is 36.4 Å². The van der Waals surface area contributed by atoms with Crippen molar-refractivity contribution in [3.63, 3.8) is 0 Å². The summed E-state index contributed by atoms with van der Waals surface area (Å²) in [6, 6.07) is 7.84. The number of carboxylic acids is 1. The zero-order valence-electron chi connectivity index (χ0n) is 16.1. The van der Waals surface area contributed by atoms with Gasteiger partial charge < -0.3 is 20.3 Å². The number of hydrogen-bond acceptors (Lipinski definition) is 5. The summed E-state index contributed by atoms with van der Waals surface area (Å²) in [6.45, 7) is 2.84. The van der Waals surface area contributed by atoms with Crippen LogP contribution in [0.4, 0.5) is 4.79 Å². The zero-order chi connectivity index (χ0) is 20.4. The van der Waals surface area contributed by atoms with Crippen molar-refractivity contribution < 1.29 is 24.2 Å². The molecule has 0 unspecified atom stereocenters. The van der Waals surface area contributed by atoms with Gasteiger partial charge in [-0.25, -0.2) is 10.2 Å². The minimum Gasteiger partial charge on any atom is -0.481 e. The van der Waals surface area contributed by atoms with E-state index in [-0.39, 0.29) is 24.7 Å². The predicted molar refractivity (Wildman–Crippen MR) is 105 cm³/mol. The number of carbonyl (C=O) groups excluding carboxylic acids is 1. The number of allylic oxidation sites excluding steroid dienone is 2. The van der Waals surface area contributed by atoms with Gasteiger partial charge in [0.05, 0.1) is 12.7 Å². The molecular weight excluding hydrogens is 362 g/mol. The second-order valence-corrected chi connectivity index (χ2v) is 6.78. The third-order valence-electron chi connectivity index (χ3n) is 4.54. The number of amides is 2. The van der Waals surface area contributed by atoms with Crippen LogP contribution in [0.2, 0.25) is 0 Å². The predicted octanol–water partition coefficient (Wildman–Crippen LogP) is 2.41. The lowest BCUT2D eigenvalue weighted by atomic mass is 9.95. The SMILES string of the molecule is C[C@@H]1OC[C@H](CC=CCCCC(=O)O)[C@H](CNNC(N)=O)O1.c1cc2ccc1-2. The Bertz CT molecular complexity index is 641.